The van der Waals surface area contributed by atoms with Gasteiger partial charge in [0.15, 0.2) is 5.76 Å². The monoisotopic (exact) mass is 352 g/mol. The van der Waals surface area contributed by atoms with Gasteiger partial charge in [-0.3, -0.25) is 9.59 Å². The first-order valence-corrected chi connectivity index (χ1v) is 7.91. The van der Waals surface area contributed by atoms with Gasteiger partial charge in [0.25, 0.3) is 5.91 Å². The fourth-order valence-corrected chi connectivity index (χ4v) is 3.20. The molecular weight excluding hydrogens is 339 g/mol. The molecule has 0 radical (unpaired) electrons. The number of nitrogens with one attached hydrogen (secondary N) is 1. The molecule has 120 valence electrons. The maximum absolute atomic E-state index is 12.5. The predicted molar refractivity (Wildman–Crippen MR) is 87.9 cm³/mol. The maximum atomic E-state index is 12.5. The van der Waals surface area contributed by atoms with Crippen molar-refractivity contribution >= 4 is 40.7 Å². The third kappa shape index (κ3) is 3.51. The number of anilines is 1. The molecule has 0 saturated carbocycles. The number of furan rings is 1. The Morgan fingerprint density at radius 2 is 1.96 bits per heavy atom. The third-order valence-corrected chi connectivity index (χ3v) is 4.11. The summed E-state index contributed by atoms with van der Waals surface area (Å²) >= 11 is 11.9. The zero-order valence-electron chi connectivity index (χ0n) is 12.1. The number of hydrogen-bond donors (Lipinski definition) is 1. The van der Waals surface area contributed by atoms with E-state index in [-0.39, 0.29) is 17.6 Å². The number of hydrogen-bond acceptors (Lipinski definition) is 3. The molecule has 1 saturated heterocycles. The van der Waals surface area contributed by atoms with E-state index in [4.69, 9.17) is 27.6 Å². The molecule has 0 aliphatic carbocycles. The van der Waals surface area contributed by atoms with Gasteiger partial charge in [-0.25, -0.2) is 0 Å². The normalized spacial score (nSPS) is 17.3. The van der Waals surface area contributed by atoms with Crippen LogP contribution in [-0.2, 0) is 4.79 Å². The number of carbonyl (C=O) groups excluding carboxylic acids is 2. The lowest BCUT2D eigenvalue weighted by molar-refractivity contribution is -0.119. The number of benzene rings is 1. The Hall–Kier alpha value is -1.98. The lowest BCUT2D eigenvalue weighted by atomic mass is 10.2. The number of amides is 2. The highest BCUT2D eigenvalue weighted by atomic mass is 35.5. The Kier molecular flexibility index (Phi) is 4.59. The van der Waals surface area contributed by atoms with E-state index >= 15 is 0 Å². The highest BCUT2D eigenvalue weighted by Gasteiger charge is 2.35. The number of rotatable bonds is 3. The molecule has 1 aliphatic rings. The van der Waals surface area contributed by atoms with E-state index in [1.165, 1.54) is 11.2 Å². The summed E-state index contributed by atoms with van der Waals surface area (Å²) < 4.78 is 5.13. The second-order valence-electron chi connectivity index (χ2n) is 5.28. The van der Waals surface area contributed by atoms with Crippen molar-refractivity contribution in [1.82, 2.24) is 4.90 Å². The van der Waals surface area contributed by atoms with Crippen molar-refractivity contribution in [3.63, 3.8) is 0 Å². The van der Waals surface area contributed by atoms with Crippen LogP contribution < -0.4 is 5.32 Å². The van der Waals surface area contributed by atoms with Crippen molar-refractivity contribution in [3.8, 4) is 0 Å². The van der Waals surface area contributed by atoms with Crippen LogP contribution in [0.25, 0.3) is 0 Å². The molecule has 7 heteroatoms. The Morgan fingerprint density at radius 3 is 2.61 bits per heavy atom. The number of likely N-dealkylation sites (tertiary alicyclic amines) is 1. The molecule has 3 rings (SSSR count). The van der Waals surface area contributed by atoms with Crippen LogP contribution in [0.4, 0.5) is 5.69 Å². The Labute approximate surface area is 143 Å². The lowest BCUT2D eigenvalue weighted by Crippen LogP contribution is -2.43. The van der Waals surface area contributed by atoms with Gasteiger partial charge < -0.3 is 14.6 Å². The first-order chi connectivity index (χ1) is 11.0. The van der Waals surface area contributed by atoms with Crippen molar-refractivity contribution in [2.24, 2.45) is 0 Å². The Bertz CT molecular complexity index is 711. The Morgan fingerprint density at radius 1 is 1.22 bits per heavy atom. The van der Waals surface area contributed by atoms with Crippen LogP contribution in [0.3, 0.4) is 0 Å². The van der Waals surface area contributed by atoms with Gasteiger partial charge in [-0.2, -0.15) is 0 Å². The van der Waals surface area contributed by atoms with Crippen molar-refractivity contribution in [1.29, 1.82) is 0 Å². The van der Waals surface area contributed by atoms with Crippen molar-refractivity contribution in [2.45, 2.75) is 18.9 Å². The molecule has 0 spiro atoms. The van der Waals surface area contributed by atoms with E-state index in [0.717, 1.165) is 6.42 Å². The topological polar surface area (TPSA) is 62.6 Å². The summed E-state index contributed by atoms with van der Waals surface area (Å²) in [6.07, 6.45) is 2.81. The molecule has 0 bridgehead atoms. The van der Waals surface area contributed by atoms with Gasteiger partial charge in [0.2, 0.25) is 5.91 Å². The fourth-order valence-electron chi connectivity index (χ4n) is 2.68. The van der Waals surface area contributed by atoms with E-state index in [9.17, 15) is 9.59 Å². The molecule has 1 atom stereocenters. The largest absolute Gasteiger partial charge is 0.459 e. The summed E-state index contributed by atoms with van der Waals surface area (Å²) in [5, 5.41) is 3.63. The van der Waals surface area contributed by atoms with Gasteiger partial charge in [-0.15, -0.1) is 0 Å². The van der Waals surface area contributed by atoms with E-state index in [1.807, 2.05) is 0 Å². The van der Waals surface area contributed by atoms with E-state index in [2.05, 4.69) is 5.32 Å². The summed E-state index contributed by atoms with van der Waals surface area (Å²) in [6, 6.07) is 7.50. The molecule has 1 aliphatic heterocycles. The number of nitrogens with zero attached hydrogens (tertiary/aromatic N) is 1. The van der Waals surface area contributed by atoms with Crippen molar-refractivity contribution in [2.75, 3.05) is 11.9 Å². The van der Waals surface area contributed by atoms with Crippen LogP contribution in [0.5, 0.6) is 0 Å². The highest BCUT2D eigenvalue weighted by Crippen LogP contribution is 2.25. The van der Waals surface area contributed by atoms with Crippen LogP contribution in [-0.4, -0.2) is 29.3 Å². The molecular formula is C16H14Cl2N2O3. The minimum absolute atomic E-state index is 0.232. The molecule has 2 aromatic rings. The van der Waals surface area contributed by atoms with Gasteiger partial charge in [0, 0.05) is 22.3 Å². The SMILES string of the molecule is O=C(Nc1cc(Cl)cc(Cl)c1)C1CCCN1C(=O)c1ccco1. The fraction of sp³-hybridized carbons (Fsp3) is 0.250. The lowest BCUT2D eigenvalue weighted by Gasteiger charge is -2.23. The third-order valence-electron chi connectivity index (χ3n) is 3.68. The molecule has 1 unspecified atom stereocenters. The molecule has 1 aromatic carbocycles. The number of carbonyl (C=O) groups is 2. The first kappa shape index (κ1) is 15.9. The molecule has 23 heavy (non-hydrogen) atoms. The highest BCUT2D eigenvalue weighted by molar-refractivity contribution is 6.35. The van der Waals surface area contributed by atoms with Gasteiger partial charge in [-0.1, -0.05) is 23.2 Å². The molecule has 1 aromatic heterocycles. The van der Waals surface area contributed by atoms with Crippen LogP contribution in [0.2, 0.25) is 10.0 Å². The summed E-state index contributed by atoms with van der Waals surface area (Å²) in [5.74, 6) is -0.312. The van der Waals surface area contributed by atoms with Crippen molar-refractivity contribution in [3.05, 3.63) is 52.4 Å². The van der Waals surface area contributed by atoms with Gasteiger partial charge in [0.1, 0.15) is 6.04 Å². The average molecular weight is 353 g/mol. The molecule has 1 fully saturated rings. The molecule has 1 N–H and O–H groups in total. The quantitative estimate of drug-likeness (QED) is 0.912. The number of halogens is 2. The molecule has 5 nitrogen and oxygen atoms in total. The van der Waals surface area contributed by atoms with Crippen LogP contribution in [0, 0.1) is 0 Å². The molecule has 2 amide bonds. The average Bonchev–Trinajstić information content (AvgIpc) is 3.17. The minimum Gasteiger partial charge on any atom is -0.459 e. The second-order valence-corrected chi connectivity index (χ2v) is 6.15. The first-order valence-electron chi connectivity index (χ1n) is 7.16. The minimum atomic E-state index is -0.537. The standard InChI is InChI=1S/C16H14Cl2N2O3/c17-10-7-11(18)9-12(8-10)19-15(21)13-3-1-5-20(13)16(22)14-4-2-6-23-14/h2,4,6-9,13H,1,3,5H2,(H,19,21). The van der Waals surface area contributed by atoms with Crippen molar-refractivity contribution < 1.29 is 14.0 Å². The zero-order valence-corrected chi connectivity index (χ0v) is 13.6. The van der Waals surface area contributed by atoms with E-state index in [0.29, 0.717) is 28.7 Å². The maximum Gasteiger partial charge on any atom is 0.290 e. The van der Waals surface area contributed by atoms with Crippen LogP contribution >= 0.6 is 23.2 Å². The Balaban J connectivity index is 1.74. The van der Waals surface area contributed by atoms with Crippen LogP contribution in [0.15, 0.2) is 41.0 Å². The summed E-state index contributed by atoms with van der Waals surface area (Å²) in [6.45, 7) is 0.522. The summed E-state index contributed by atoms with van der Waals surface area (Å²) in [7, 11) is 0. The zero-order chi connectivity index (χ0) is 16.4. The molecule has 2 heterocycles. The van der Waals surface area contributed by atoms with E-state index < -0.39 is 6.04 Å². The smallest absolute Gasteiger partial charge is 0.290 e. The predicted octanol–water partition coefficient (Wildman–Crippen LogP) is 3.83. The second kappa shape index (κ2) is 6.64. The van der Waals surface area contributed by atoms with Gasteiger partial charge >= 0.3 is 0 Å². The summed E-state index contributed by atoms with van der Waals surface area (Å²) in [5.41, 5.74) is 0.504. The van der Waals surface area contributed by atoms with Gasteiger partial charge in [-0.05, 0) is 43.2 Å². The summed E-state index contributed by atoms with van der Waals surface area (Å²) in [4.78, 5) is 26.4. The van der Waals surface area contributed by atoms with Crippen LogP contribution in [0.1, 0.15) is 23.4 Å². The van der Waals surface area contributed by atoms with E-state index in [1.54, 1.807) is 30.3 Å². The van der Waals surface area contributed by atoms with Gasteiger partial charge in [0.05, 0.1) is 6.26 Å².